The lowest BCUT2D eigenvalue weighted by Crippen LogP contribution is -2.10. The van der Waals surface area contributed by atoms with Crippen molar-refractivity contribution < 1.29 is 13.5 Å². The van der Waals surface area contributed by atoms with Gasteiger partial charge in [-0.15, -0.1) is 0 Å². The molecule has 0 aliphatic rings. The van der Waals surface area contributed by atoms with Crippen LogP contribution in [-0.4, -0.2) is 29.5 Å². The average Bonchev–Trinajstić information content (AvgIpc) is 2.19. The van der Waals surface area contributed by atoms with Gasteiger partial charge in [0.2, 0.25) is 11.8 Å². The van der Waals surface area contributed by atoms with E-state index in [9.17, 15) is 8.78 Å². The molecule has 0 saturated carbocycles. The Kier molecular flexibility index (Phi) is 4.20. The van der Waals surface area contributed by atoms with E-state index in [4.69, 9.17) is 4.74 Å². The first-order valence-electron chi connectivity index (χ1n) is 4.62. The number of nitrogens with one attached hydrogen (secondary N) is 1. The summed E-state index contributed by atoms with van der Waals surface area (Å²) in [5, 5.41) is 2.87. The molecule has 1 aromatic rings. The van der Waals surface area contributed by atoms with E-state index in [0.717, 1.165) is 0 Å². The van der Waals surface area contributed by atoms with E-state index in [0.29, 0.717) is 18.1 Å². The summed E-state index contributed by atoms with van der Waals surface area (Å²) in [4.78, 5) is 7.92. The van der Waals surface area contributed by atoms with Gasteiger partial charge in [-0.05, 0) is 13.8 Å². The Balaban J connectivity index is 2.71. The van der Waals surface area contributed by atoms with Gasteiger partial charge in [-0.25, -0.2) is 13.8 Å². The predicted molar refractivity (Wildman–Crippen MR) is 52.4 cm³/mol. The van der Waals surface area contributed by atoms with Gasteiger partial charge in [0.05, 0.1) is 0 Å². The molecule has 0 bridgehead atoms. The van der Waals surface area contributed by atoms with E-state index in [2.05, 4.69) is 15.3 Å². The molecule has 1 aromatic heterocycles. The highest BCUT2D eigenvalue weighted by molar-refractivity contribution is 5.32. The van der Waals surface area contributed by atoms with Crippen LogP contribution < -0.4 is 10.1 Å². The first-order chi connectivity index (χ1) is 7.13. The van der Waals surface area contributed by atoms with Crippen LogP contribution in [0.5, 0.6) is 5.88 Å². The molecule has 0 amide bonds. The van der Waals surface area contributed by atoms with Gasteiger partial charge in [0, 0.05) is 18.3 Å². The van der Waals surface area contributed by atoms with Crippen LogP contribution in [0.2, 0.25) is 0 Å². The van der Waals surface area contributed by atoms with Gasteiger partial charge >= 0.3 is 0 Å². The Morgan fingerprint density at radius 2 is 2.27 bits per heavy atom. The molecule has 0 spiro atoms. The molecule has 0 unspecified atom stereocenters. The van der Waals surface area contributed by atoms with Gasteiger partial charge in [-0.1, -0.05) is 0 Å². The number of alkyl halides is 2. The van der Waals surface area contributed by atoms with Crippen molar-refractivity contribution in [3.8, 4) is 5.88 Å². The van der Waals surface area contributed by atoms with E-state index in [1.165, 1.54) is 6.20 Å². The topological polar surface area (TPSA) is 47.0 Å². The Bertz CT molecular complexity index is 320. The van der Waals surface area contributed by atoms with Crippen molar-refractivity contribution in [3.63, 3.8) is 0 Å². The first kappa shape index (κ1) is 11.6. The summed E-state index contributed by atoms with van der Waals surface area (Å²) >= 11 is 0. The van der Waals surface area contributed by atoms with Gasteiger partial charge in [0.25, 0.3) is 6.43 Å². The molecule has 1 N–H and O–H groups in total. The SMILES string of the molecule is CCNc1ncc(C)c(OCC(F)F)n1. The molecule has 1 heterocycles. The molecule has 0 radical (unpaired) electrons. The quantitative estimate of drug-likeness (QED) is 0.817. The second-order valence-corrected chi connectivity index (χ2v) is 2.91. The maximum atomic E-state index is 11.9. The third kappa shape index (κ3) is 3.65. The van der Waals surface area contributed by atoms with Crippen LogP contribution in [0, 0.1) is 6.92 Å². The van der Waals surface area contributed by atoms with Crippen molar-refractivity contribution in [1.29, 1.82) is 0 Å². The highest BCUT2D eigenvalue weighted by Crippen LogP contribution is 2.15. The highest BCUT2D eigenvalue weighted by atomic mass is 19.3. The fourth-order valence-electron chi connectivity index (χ4n) is 0.958. The number of hydrogen-bond donors (Lipinski definition) is 1. The summed E-state index contributed by atoms with van der Waals surface area (Å²) in [6.07, 6.45) is -0.965. The van der Waals surface area contributed by atoms with Gasteiger partial charge in [0.1, 0.15) is 0 Å². The molecule has 15 heavy (non-hydrogen) atoms. The fourth-order valence-corrected chi connectivity index (χ4v) is 0.958. The number of hydrogen-bond acceptors (Lipinski definition) is 4. The Morgan fingerprint density at radius 1 is 1.53 bits per heavy atom. The Hall–Kier alpha value is -1.46. The van der Waals surface area contributed by atoms with Gasteiger partial charge in [0.15, 0.2) is 6.61 Å². The monoisotopic (exact) mass is 217 g/mol. The second-order valence-electron chi connectivity index (χ2n) is 2.91. The minimum absolute atomic E-state index is 0.196. The lowest BCUT2D eigenvalue weighted by Gasteiger charge is -2.08. The molecule has 0 aliphatic carbocycles. The molecule has 4 nitrogen and oxygen atoms in total. The van der Waals surface area contributed by atoms with Crippen molar-refractivity contribution in [2.24, 2.45) is 0 Å². The molecule has 0 atom stereocenters. The van der Waals surface area contributed by atoms with E-state index < -0.39 is 13.0 Å². The molecule has 0 saturated heterocycles. The lowest BCUT2D eigenvalue weighted by atomic mass is 10.4. The van der Waals surface area contributed by atoms with Crippen molar-refractivity contribution in [2.75, 3.05) is 18.5 Å². The second kappa shape index (κ2) is 5.43. The smallest absolute Gasteiger partial charge is 0.272 e. The van der Waals surface area contributed by atoms with Crippen LogP contribution in [0.1, 0.15) is 12.5 Å². The van der Waals surface area contributed by atoms with Crippen LogP contribution in [0.3, 0.4) is 0 Å². The number of aryl methyl sites for hydroxylation is 1. The van der Waals surface area contributed by atoms with E-state index in [1.807, 2.05) is 6.92 Å². The van der Waals surface area contributed by atoms with Crippen LogP contribution in [0.15, 0.2) is 6.20 Å². The maximum Gasteiger partial charge on any atom is 0.272 e. The normalized spacial score (nSPS) is 10.5. The predicted octanol–water partition coefficient (Wildman–Crippen LogP) is 1.86. The van der Waals surface area contributed by atoms with Crippen LogP contribution in [-0.2, 0) is 0 Å². The van der Waals surface area contributed by atoms with E-state index in [-0.39, 0.29) is 5.88 Å². The molecule has 1 rings (SSSR count). The summed E-state index contributed by atoms with van der Waals surface area (Å²) < 4.78 is 28.7. The van der Waals surface area contributed by atoms with Gasteiger partial charge in [-0.3, -0.25) is 0 Å². The summed E-state index contributed by atoms with van der Waals surface area (Å²) in [6, 6.07) is 0. The van der Waals surface area contributed by atoms with E-state index in [1.54, 1.807) is 6.92 Å². The van der Waals surface area contributed by atoms with Gasteiger partial charge < -0.3 is 10.1 Å². The highest BCUT2D eigenvalue weighted by Gasteiger charge is 2.08. The Morgan fingerprint density at radius 3 is 2.87 bits per heavy atom. The fraction of sp³-hybridized carbons (Fsp3) is 0.556. The molecule has 0 aromatic carbocycles. The van der Waals surface area contributed by atoms with Crippen LogP contribution in [0.4, 0.5) is 14.7 Å². The molecule has 6 heteroatoms. The average molecular weight is 217 g/mol. The minimum Gasteiger partial charge on any atom is -0.471 e. The number of aromatic nitrogens is 2. The maximum absolute atomic E-state index is 11.9. The zero-order valence-corrected chi connectivity index (χ0v) is 8.63. The number of anilines is 1. The summed E-state index contributed by atoms with van der Waals surface area (Å²) in [6.45, 7) is 3.61. The third-order valence-electron chi connectivity index (χ3n) is 1.61. The largest absolute Gasteiger partial charge is 0.471 e. The number of rotatable bonds is 5. The summed E-state index contributed by atoms with van der Waals surface area (Å²) in [5.41, 5.74) is 0.636. The van der Waals surface area contributed by atoms with Gasteiger partial charge in [-0.2, -0.15) is 4.98 Å². The third-order valence-corrected chi connectivity index (χ3v) is 1.61. The number of nitrogens with zero attached hydrogens (tertiary/aromatic N) is 2. The standard InChI is InChI=1S/C9H13F2N3O/c1-3-12-9-13-4-6(2)8(14-9)15-5-7(10)11/h4,7H,3,5H2,1-2H3,(H,12,13,14). The lowest BCUT2D eigenvalue weighted by molar-refractivity contribution is 0.0792. The van der Waals surface area contributed by atoms with E-state index >= 15 is 0 Å². The molecule has 0 fully saturated rings. The van der Waals surface area contributed by atoms with Crippen molar-refractivity contribution in [1.82, 2.24) is 9.97 Å². The van der Waals surface area contributed by atoms with Crippen LogP contribution >= 0.6 is 0 Å². The number of ether oxygens (including phenoxy) is 1. The molecule has 84 valence electrons. The molecular formula is C9H13F2N3O. The Labute approximate surface area is 86.7 Å². The summed E-state index contributed by atoms with van der Waals surface area (Å²) in [5.74, 6) is 0.577. The summed E-state index contributed by atoms with van der Waals surface area (Å²) in [7, 11) is 0. The number of halogens is 2. The van der Waals surface area contributed by atoms with Crippen molar-refractivity contribution in [3.05, 3.63) is 11.8 Å². The van der Waals surface area contributed by atoms with Crippen molar-refractivity contribution in [2.45, 2.75) is 20.3 Å². The first-order valence-corrected chi connectivity index (χ1v) is 4.62. The zero-order chi connectivity index (χ0) is 11.3. The molecule has 0 aliphatic heterocycles. The minimum atomic E-state index is -2.50. The molecular weight excluding hydrogens is 204 g/mol. The zero-order valence-electron chi connectivity index (χ0n) is 8.63. The van der Waals surface area contributed by atoms with Crippen LogP contribution in [0.25, 0.3) is 0 Å². The van der Waals surface area contributed by atoms with Crippen molar-refractivity contribution >= 4 is 5.95 Å².